The van der Waals surface area contributed by atoms with E-state index >= 15 is 0 Å². The lowest BCUT2D eigenvalue weighted by molar-refractivity contribution is -0.682. The smallest absolute Gasteiger partial charge is 0.271 e. The Labute approximate surface area is 180 Å². The molecule has 1 aromatic heterocycles. The Kier molecular flexibility index (Phi) is 6.44. The largest absolute Gasteiger partial charge is 0.301 e. The molecule has 2 aromatic carbocycles. The molecule has 0 bridgehead atoms. The Morgan fingerprint density at radius 3 is 2.19 bits per heavy atom. The molecule has 0 aliphatic heterocycles. The van der Waals surface area contributed by atoms with Crippen molar-refractivity contribution < 1.29 is 19.3 Å². The van der Waals surface area contributed by atoms with E-state index in [1.807, 2.05) is 36.0 Å². The number of nitrogens with one attached hydrogen (secondary N) is 1. The maximum atomic E-state index is 11.4. The lowest BCUT2D eigenvalue weighted by Crippen LogP contribution is -2.38. The van der Waals surface area contributed by atoms with E-state index in [9.17, 15) is 30.3 Å². The van der Waals surface area contributed by atoms with Gasteiger partial charge in [0.25, 0.3) is 11.4 Å². The fraction of sp³-hybridized carbons (Fsp3) is 0.100. The Morgan fingerprint density at radius 1 is 0.938 bits per heavy atom. The number of aromatic nitrogens is 1. The van der Waals surface area contributed by atoms with E-state index in [0.717, 1.165) is 17.7 Å². The van der Waals surface area contributed by atoms with Crippen molar-refractivity contribution in [1.29, 1.82) is 0 Å². The minimum Gasteiger partial charge on any atom is -0.271 e. The number of hydrogen-bond acceptors (Lipinski definition) is 8. The highest BCUT2D eigenvalue weighted by molar-refractivity contribution is 6.00. The van der Waals surface area contributed by atoms with E-state index in [0.29, 0.717) is 11.3 Å². The molecule has 0 saturated heterocycles. The highest BCUT2D eigenvalue weighted by atomic mass is 16.6. The Morgan fingerprint density at radius 2 is 1.59 bits per heavy atom. The summed E-state index contributed by atoms with van der Waals surface area (Å²) in [5, 5.41) is 37.5. The van der Waals surface area contributed by atoms with Crippen LogP contribution in [0.1, 0.15) is 11.1 Å². The van der Waals surface area contributed by atoms with E-state index in [1.165, 1.54) is 30.3 Å². The molecule has 3 aromatic rings. The molecule has 1 N–H and O–H groups in total. The number of pyridine rings is 1. The third kappa shape index (κ3) is 5.24. The van der Waals surface area contributed by atoms with Gasteiger partial charge in [0.2, 0.25) is 0 Å². The van der Waals surface area contributed by atoms with Crippen molar-refractivity contribution >= 4 is 28.5 Å². The van der Waals surface area contributed by atoms with Gasteiger partial charge in [0.1, 0.15) is 11.4 Å². The van der Waals surface area contributed by atoms with Crippen molar-refractivity contribution in [3.63, 3.8) is 0 Å². The first-order valence-electron chi connectivity index (χ1n) is 9.20. The number of nitro groups is 3. The first kappa shape index (κ1) is 22.0. The summed E-state index contributed by atoms with van der Waals surface area (Å²) < 4.78 is 1.83. The summed E-state index contributed by atoms with van der Waals surface area (Å²) in [5.74, 6) is 0. The van der Waals surface area contributed by atoms with Crippen LogP contribution in [0.25, 0.3) is 0 Å². The molecular weight excluding hydrogens is 420 g/mol. The van der Waals surface area contributed by atoms with Crippen molar-refractivity contribution in [3.8, 4) is 0 Å². The zero-order chi connectivity index (χ0) is 23.3. The minimum absolute atomic E-state index is 0.0331. The fourth-order valence-corrected chi connectivity index (χ4v) is 2.90. The summed E-state index contributed by atoms with van der Waals surface area (Å²) in [6.45, 7) is 2.17. The predicted molar refractivity (Wildman–Crippen MR) is 114 cm³/mol. The van der Waals surface area contributed by atoms with Crippen LogP contribution < -0.4 is 9.99 Å². The van der Waals surface area contributed by atoms with Crippen LogP contribution in [-0.4, -0.2) is 20.5 Å². The summed E-state index contributed by atoms with van der Waals surface area (Å²) in [4.78, 5) is 31.3. The van der Waals surface area contributed by atoms with E-state index in [4.69, 9.17) is 0 Å². The Balaban J connectivity index is 2.00. The van der Waals surface area contributed by atoms with E-state index in [2.05, 4.69) is 10.5 Å². The van der Waals surface area contributed by atoms with Gasteiger partial charge in [-0.3, -0.25) is 35.8 Å². The first-order valence-corrected chi connectivity index (χ1v) is 9.20. The third-order valence-corrected chi connectivity index (χ3v) is 4.45. The summed E-state index contributed by atoms with van der Waals surface area (Å²) >= 11 is 0. The Bertz CT molecular complexity index is 1230. The molecule has 162 valence electrons. The molecule has 0 aliphatic rings. The number of hydrazone groups is 1. The molecule has 0 unspecified atom stereocenters. The van der Waals surface area contributed by atoms with Gasteiger partial charge in [-0.1, -0.05) is 0 Å². The molecule has 3 rings (SSSR count). The molecule has 0 radical (unpaired) electrons. The van der Waals surface area contributed by atoms with Crippen LogP contribution in [0.15, 0.2) is 72.1 Å². The molecule has 32 heavy (non-hydrogen) atoms. The van der Waals surface area contributed by atoms with Crippen molar-refractivity contribution in [2.24, 2.45) is 5.10 Å². The summed E-state index contributed by atoms with van der Waals surface area (Å²) in [7, 11) is 0. The van der Waals surface area contributed by atoms with Gasteiger partial charge < -0.3 is 0 Å². The van der Waals surface area contributed by atoms with Crippen LogP contribution in [0.3, 0.4) is 0 Å². The van der Waals surface area contributed by atoms with E-state index in [-0.39, 0.29) is 17.9 Å². The molecule has 0 atom stereocenters. The maximum absolute atomic E-state index is 11.4. The van der Waals surface area contributed by atoms with Gasteiger partial charge >= 0.3 is 5.69 Å². The standard InChI is InChI=1S/C20H17N6O6/c1-14-3-2-10-23(12-14)13-19(15-4-6-16(7-5-15)24(27)28)22-21-18-9-8-17(25(29)30)11-20(18)26(31)32/h2-12,21H,13H2,1H3/q+1/b22-19+. The molecule has 12 nitrogen and oxygen atoms in total. The molecule has 0 spiro atoms. The Hall–Kier alpha value is -4.74. The molecule has 0 fully saturated rings. The molecule has 0 aliphatic carbocycles. The highest BCUT2D eigenvalue weighted by Crippen LogP contribution is 2.29. The van der Waals surface area contributed by atoms with Crippen molar-refractivity contribution in [1.82, 2.24) is 0 Å². The lowest BCUT2D eigenvalue weighted by Gasteiger charge is -2.07. The topological polar surface area (TPSA) is 158 Å². The fourth-order valence-electron chi connectivity index (χ4n) is 2.90. The van der Waals surface area contributed by atoms with Crippen molar-refractivity contribution in [2.75, 3.05) is 5.43 Å². The van der Waals surface area contributed by atoms with Crippen LogP contribution in [0.4, 0.5) is 22.7 Å². The van der Waals surface area contributed by atoms with E-state index in [1.54, 1.807) is 0 Å². The van der Waals surface area contributed by atoms with Gasteiger partial charge in [-0.25, -0.2) is 0 Å². The van der Waals surface area contributed by atoms with Gasteiger partial charge in [0.05, 0.1) is 20.8 Å². The molecular formula is C20H17N6O6+. The number of rotatable bonds is 8. The average Bonchev–Trinajstić information content (AvgIpc) is 2.76. The number of non-ortho nitro benzene ring substituents is 2. The number of hydrogen-bond donors (Lipinski definition) is 1. The maximum Gasteiger partial charge on any atom is 0.301 e. The van der Waals surface area contributed by atoms with Gasteiger partial charge in [-0.15, -0.1) is 0 Å². The van der Waals surface area contributed by atoms with Crippen LogP contribution in [0, 0.1) is 37.3 Å². The van der Waals surface area contributed by atoms with Crippen LogP contribution >= 0.6 is 0 Å². The molecule has 1 heterocycles. The van der Waals surface area contributed by atoms with Crippen molar-refractivity contribution in [2.45, 2.75) is 13.5 Å². The second kappa shape index (κ2) is 9.38. The van der Waals surface area contributed by atoms with Crippen molar-refractivity contribution in [3.05, 3.63) is 108 Å². The number of nitrogens with zero attached hydrogens (tertiary/aromatic N) is 5. The normalized spacial score (nSPS) is 11.1. The van der Waals surface area contributed by atoms with Crippen LogP contribution in [-0.2, 0) is 6.54 Å². The zero-order valence-electron chi connectivity index (χ0n) is 16.7. The quantitative estimate of drug-likeness (QED) is 0.244. The van der Waals surface area contributed by atoms with Crippen LogP contribution in [0.2, 0.25) is 0 Å². The van der Waals surface area contributed by atoms with Gasteiger partial charge in [-0.2, -0.15) is 9.67 Å². The number of nitro benzene ring substituents is 3. The second-order valence-electron chi connectivity index (χ2n) is 6.74. The average molecular weight is 437 g/mol. The predicted octanol–water partition coefficient (Wildman–Crippen LogP) is 3.52. The zero-order valence-corrected chi connectivity index (χ0v) is 16.7. The second-order valence-corrected chi connectivity index (χ2v) is 6.74. The monoisotopic (exact) mass is 437 g/mol. The molecule has 0 amide bonds. The lowest BCUT2D eigenvalue weighted by atomic mass is 10.1. The first-order chi connectivity index (χ1) is 15.2. The third-order valence-electron chi connectivity index (χ3n) is 4.45. The summed E-state index contributed by atoms with van der Waals surface area (Å²) in [6.07, 6.45) is 3.68. The SMILES string of the molecule is Cc1ccc[n+](C/C(=N\Nc2ccc([N+](=O)[O-])cc2[N+](=O)[O-])c2ccc([N+](=O)[O-])cc2)c1. The van der Waals surface area contributed by atoms with Crippen LogP contribution in [0.5, 0.6) is 0 Å². The highest BCUT2D eigenvalue weighted by Gasteiger charge is 2.20. The number of anilines is 1. The van der Waals surface area contributed by atoms with Gasteiger partial charge in [0, 0.05) is 35.4 Å². The van der Waals surface area contributed by atoms with Gasteiger partial charge in [0.15, 0.2) is 18.9 Å². The number of benzene rings is 2. The molecule has 0 saturated carbocycles. The van der Waals surface area contributed by atoms with Gasteiger partial charge in [-0.05, 0) is 31.2 Å². The number of aryl methyl sites for hydroxylation is 1. The summed E-state index contributed by atoms with van der Waals surface area (Å²) in [6, 6.07) is 12.7. The minimum atomic E-state index is -0.744. The van der Waals surface area contributed by atoms with E-state index < -0.39 is 26.1 Å². The summed E-state index contributed by atoms with van der Waals surface area (Å²) in [5.41, 5.74) is 3.55. The molecule has 12 heteroatoms.